The van der Waals surface area contributed by atoms with E-state index < -0.39 is 0 Å². The van der Waals surface area contributed by atoms with Crippen LogP contribution in [-0.4, -0.2) is 15.0 Å². The van der Waals surface area contributed by atoms with Gasteiger partial charge in [0, 0.05) is 38.3 Å². The van der Waals surface area contributed by atoms with Gasteiger partial charge in [-0.2, -0.15) is 0 Å². The van der Waals surface area contributed by atoms with Crippen LogP contribution in [0.25, 0.3) is 23.8 Å². The second-order valence-electron chi connectivity index (χ2n) is 6.10. The number of hydrogen-bond donors (Lipinski definition) is 2. The predicted molar refractivity (Wildman–Crippen MR) is 102 cm³/mol. The molecule has 0 aromatic carbocycles. The molecule has 0 aliphatic carbocycles. The highest BCUT2D eigenvalue weighted by molar-refractivity contribution is 7.13. The quantitative estimate of drug-likeness (QED) is 0.585. The minimum atomic E-state index is -0.0945. The van der Waals surface area contributed by atoms with Crippen LogP contribution < -0.4 is 16.1 Å². The van der Waals surface area contributed by atoms with E-state index in [-0.39, 0.29) is 5.56 Å². The molecule has 5 heteroatoms. The summed E-state index contributed by atoms with van der Waals surface area (Å²) in [6.45, 7) is 8.22. The highest BCUT2D eigenvalue weighted by Gasteiger charge is 2.07. The summed E-state index contributed by atoms with van der Waals surface area (Å²) in [6.07, 6.45) is 5.47. The van der Waals surface area contributed by atoms with Gasteiger partial charge in [-0.1, -0.05) is 6.58 Å². The third-order valence-corrected chi connectivity index (χ3v) is 5.38. The summed E-state index contributed by atoms with van der Waals surface area (Å²) in [5.74, 6) is 0. The van der Waals surface area contributed by atoms with Crippen molar-refractivity contribution in [3.8, 4) is 11.1 Å². The first kappa shape index (κ1) is 15.6. The zero-order chi connectivity index (χ0) is 17.6. The first-order valence-electron chi connectivity index (χ1n) is 7.96. The van der Waals surface area contributed by atoms with Crippen LogP contribution in [0.4, 0.5) is 0 Å². The largest absolute Gasteiger partial charge is 0.341 e. The molecule has 2 aliphatic rings. The summed E-state index contributed by atoms with van der Waals surface area (Å²) in [5.41, 5.74) is 3.76. The van der Waals surface area contributed by atoms with Gasteiger partial charge in [-0.05, 0) is 55.3 Å². The monoisotopic (exact) mass is 347 g/mol. The number of pyridine rings is 1. The normalized spacial score (nSPS) is 12.2. The number of aromatic nitrogens is 3. The van der Waals surface area contributed by atoms with Crippen LogP contribution in [0.3, 0.4) is 0 Å². The minimum absolute atomic E-state index is 0.0945. The van der Waals surface area contributed by atoms with Crippen LogP contribution >= 0.6 is 11.3 Å². The van der Waals surface area contributed by atoms with E-state index in [1.54, 1.807) is 23.7 Å². The maximum absolute atomic E-state index is 12.5. The third kappa shape index (κ3) is 2.72. The molecule has 0 saturated carbocycles. The topological polar surface area (TPSA) is 61.5 Å². The SMILES string of the molecule is C=c1[nH]c2[nH]c(=O)c(=Cc3sc(C)cc3C)c=2cc1-c1ccncc1. The van der Waals surface area contributed by atoms with Gasteiger partial charge < -0.3 is 9.97 Å². The Labute approximate surface area is 147 Å². The molecule has 0 fully saturated rings. The number of aryl methyl sites for hydroxylation is 2. The molecule has 124 valence electrons. The van der Waals surface area contributed by atoms with Crippen LogP contribution in [0, 0.1) is 24.5 Å². The van der Waals surface area contributed by atoms with Crippen molar-refractivity contribution in [2.24, 2.45) is 0 Å². The molecule has 0 radical (unpaired) electrons. The van der Waals surface area contributed by atoms with Crippen LogP contribution in [0.2, 0.25) is 0 Å². The van der Waals surface area contributed by atoms with Gasteiger partial charge in [-0.3, -0.25) is 9.78 Å². The first-order valence-corrected chi connectivity index (χ1v) is 8.77. The van der Waals surface area contributed by atoms with Gasteiger partial charge in [0.25, 0.3) is 5.56 Å². The van der Waals surface area contributed by atoms with Crippen molar-refractivity contribution in [3.05, 3.63) is 83.6 Å². The van der Waals surface area contributed by atoms with E-state index in [1.165, 1.54) is 10.4 Å². The number of thiophene rings is 1. The van der Waals surface area contributed by atoms with Crippen LogP contribution in [0.5, 0.6) is 0 Å². The molecule has 0 bridgehead atoms. The number of aromatic amines is 2. The zero-order valence-electron chi connectivity index (χ0n) is 14.0. The third-order valence-electron chi connectivity index (χ3n) is 4.28. The molecule has 4 nitrogen and oxygen atoms in total. The average molecular weight is 347 g/mol. The van der Waals surface area contributed by atoms with E-state index >= 15 is 0 Å². The first-order chi connectivity index (χ1) is 12.0. The summed E-state index contributed by atoms with van der Waals surface area (Å²) in [7, 11) is 0. The summed E-state index contributed by atoms with van der Waals surface area (Å²) in [4.78, 5) is 25.0. The standard InChI is InChI=1S/C20H17N3OS/c1-11-8-12(2)25-18(11)10-17-16-9-15(14-4-6-21-7-5-14)13(3)22-19(16)23-20(17)24/h4-10,22H,3H2,1-2H3,(H,23,24). The number of rotatable bonds is 2. The van der Waals surface area contributed by atoms with E-state index in [1.807, 2.05) is 24.3 Å². The number of nitrogens with one attached hydrogen (secondary N) is 2. The lowest BCUT2D eigenvalue weighted by Crippen LogP contribution is -2.22. The molecule has 25 heavy (non-hydrogen) atoms. The Morgan fingerprint density at radius 1 is 1.16 bits per heavy atom. The van der Waals surface area contributed by atoms with Crippen molar-refractivity contribution in [2.45, 2.75) is 13.8 Å². The molecule has 0 saturated heterocycles. The van der Waals surface area contributed by atoms with E-state index in [0.29, 0.717) is 10.7 Å². The molecular formula is C20H17N3OS. The molecule has 0 atom stereocenters. The smallest absolute Gasteiger partial charge is 0.257 e. The van der Waals surface area contributed by atoms with Gasteiger partial charge in [0.1, 0.15) is 5.48 Å². The lowest BCUT2D eigenvalue weighted by Gasteiger charge is -2.02. The lowest BCUT2D eigenvalue weighted by atomic mass is 10.1. The van der Waals surface area contributed by atoms with Crippen LogP contribution in [-0.2, 0) is 0 Å². The van der Waals surface area contributed by atoms with Gasteiger partial charge in [0.15, 0.2) is 0 Å². The summed E-state index contributed by atoms with van der Waals surface area (Å²) in [5, 5.41) is 2.30. The van der Waals surface area contributed by atoms with E-state index in [0.717, 1.165) is 26.6 Å². The van der Waals surface area contributed by atoms with Gasteiger partial charge in [-0.15, -0.1) is 11.3 Å². The van der Waals surface area contributed by atoms with E-state index in [2.05, 4.69) is 41.4 Å². The van der Waals surface area contributed by atoms with Crippen molar-refractivity contribution in [2.75, 3.05) is 0 Å². The van der Waals surface area contributed by atoms with Gasteiger partial charge in [0.05, 0.1) is 5.22 Å². The Kier molecular flexibility index (Phi) is 3.66. The van der Waals surface area contributed by atoms with Gasteiger partial charge in [0.2, 0.25) is 0 Å². The highest BCUT2D eigenvalue weighted by Crippen LogP contribution is 2.21. The van der Waals surface area contributed by atoms with Crippen molar-refractivity contribution in [1.82, 2.24) is 15.0 Å². The van der Waals surface area contributed by atoms with Crippen molar-refractivity contribution in [1.29, 1.82) is 0 Å². The Morgan fingerprint density at radius 3 is 2.60 bits per heavy atom. The molecule has 2 aliphatic heterocycles. The van der Waals surface area contributed by atoms with Crippen molar-refractivity contribution < 1.29 is 0 Å². The molecule has 0 amide bonds. The predicted octanol–water partition coefficient (Wildman–Crippen LogP) is 2.41. The fraction of sp³-hybridized carbons (Fsp3) is 0.100. The molecular weight excluding hydrogens is 330 g/mol. The molecule has 2 aromatic rings. The number of nitrogens with zero attached hydrogens (tertiary/aromatic N) is 1. The van der Waals surface area contributed by atoms with E-state index in [9.17, 15) is 4.79 Å². The van der Waals surface area contributed by atoms with Crippen LogP contribution in [0.15, 0.2) is 41.5 Å². The Hall–Kier alpha value is -2.92. The molecule has 2 N–H and O–H groups in total. The van der Waals surface area contributed by atoms with Crippen molar-refractivity contribution >= 4 is 24.0 Å². The number of hydrogen-bond acceptors (Lipinski definition) is 3. The van der Waals surface area contributed by atoms with Crippen LogP contribution in [0.1, 0.15) is 15.3 Å². The molecule has 4 rings (SSSR count). The zero-order valence-corrected chi connectivity index (χ0v) is 14.8. The molecule has 0 spiro atoms. The summed E-state index contributed by atoms with van der Waals surface area (Å²) >= 11 is 1.69. The fourth-order valence-electron chi connectivity index (χ4n) is 3.07. The lowest BCUT2D eigenvalue weighted by molar-refractivity contribution is 1.08. The second kappa shape index (κ2) is 5.86. The second-order valence-corrected chi connectivity index (χ2v) is 7.39. The van der Waals surface area contributed by atoms with Gasteiger partial charge >= 0.3 is 0 Å². The van der Waals surface area contributed by atoms with E-state index in [4.69, 9.17) is 0 Å². The Balaban J connectivity index is 2.06. The maximum atomic E-state index is 12.5. The maximum Gasteiger partial charge on any atom is 0.257 e. The highest BCUT2D eigenvalue weighted by atomic mass is 32.1. The fourth-order valence-corrected chi connectivity index (χ4v) is 4.05. The average Bonchev–Trinajstić information content (AvgIpc) is 3.06. The molecule has 0 unspecified atom stereocenters. The summed E-state index contributed by atoms with van der Waals surface area (Å²) < 4.78 is 0. The van der Waals surface area contributed by atoms with Crippen molar-refractivity contribution in [3.63, 3.8) is 0 Å². The summed E-state index contributed by atoms with van der Waals surface area (Å²) in [6, 6.07) is 8.02. The van der Waals surface area contributed by atoms with Gasteiger partial charge in [-0.25, -0.2) is 0 Å². The Bertz CT molecular complexity index is 1300. The Morgan fingerprint density at radius 2 is 1.92 bits per heavy atom. The molecule has 2 aromatic heterocycles. The number of H-pyrrole nitrogens is 2. The minimum Gasteiger partial charge on any atom is -0.341 e. The molecule has 4 heterocycles.